The minimum Gasteiger partial charge on any atom is -0.483 e. The first kappa shape index (κ1) is 8.29. The average molecular weight is 186 g/mol. The zero-order valence-corrected chi connectivity index (χ0v) is 7.01. The lowest BCUT2D eigenvalue weighted by Crippen LogP contribution is -2.26. The first-order valence-corrected chi connectivity index (χ1v) is 3.95. The maximum Gasteiger partial charge on any atom is 0.197 e. The van der Waals surface area contributed by atoms with E-state index < -0.39 is 11.6 Å². The van der Waals surface area contributed by atoms with Crippen LogP contribution in [-0.4, -0.2) is 12.7 Å². The van der Waals surface area contributed by atoms with Crippen molar-refractivity contribution in [3.05, 3.63) is 23.8 Å². The monoisotopic (exact) mass is 186 g/mol. The normalized spacial score (nSPS) is 20.1. The van der Waals surface area contributed by atoms with E-state index in [-0.39, 0.29) is 24.2 Å². The van der Waals surface area contributed by atoms with Gasteiger partial charge in [0.1, 0.15) is 18.5 Å². The van der Waals surface area contributed by atoms with Crippen LogP contribution in [0.25, 0.3) is 0 Å². The van der Waals surface area contributed by atoms with Crippen molar-refractivity contribution < 1.29 is 18.3 Å². The lowest BCUT2D eigenvalue weighted by Gasteiger charge is -2.23. The molecular weight excluding hydrogens is 178 g/mol. The second-order valence-electron chi connectivity index (χ2n) is 2.95. The molecule has 0 bridgehead atoms. The first-order valence-electron chi connectivity index (χ1n) is 3.95. The maximum atomic E-state index is 13.0. The molecule has 0 aromatic heterocycles. The van der Waals surface area contributed by atoms with Crippen molar-refractivity contribution in [1.82, 2.24) is 0 Å². The summed E-state index contributed by atoms with van der Waals surface area (Å²) in [4.78, 5) is 0. The molecule has 2 nitrogen and oxygen atoms in total. The average Bonchev–Trinajstić information content (AvgIpc) is 2.02. The molecular formula is C9H8F2O2. The summed E-state index contributed by atoms with van der Waals surface area (Å²) in [7, 11) is 0. The summed E-state index contributed by atoms with van der Waals surface area (Å²) in [6.45, 7) is 2.06. The molecule has 0 radical (unpaired) electrons. The Balaban J connectivity index is 2.47. The van der Waals surface area contributed by atoms with Crippen LogP contribution in [0.15, 0.2) is 12.1 Å². The van der Waals surface area contributed by atoms with Crippen LogP contribution in [0.5, 0.6) is 11.5 Å². The smallest absolute Gasteiger partial charge is 0.197 e. The Hall–Kier alpha value is -1.32. The van der Waals surface area contributed by atoms with Crippen molar-refractivity contribution in [3.8, 4) is 11.5 Å². The highest BCUT2D eigenvalue weighted by molar-refractivity contribution is 5.42. The third kappa shape index (κ3) is 1.43. The van der Waals surface area contributed by atoms with E-state index in [4.69, 9.17) is 9.47 Å². The van der Waals surface area contributed by atoms with Crippen LogP contribution in [0.1, 0.15) is 6.92 Å². The largest absolute Gasteiger partial charge is 0.483 e. The van der Waals surface area contributed by atoms with E-state index in [0.29, 0.717) is 0 Å². The molecule has 0 fully saturated rings. The highest BCUT2D eigenvalue weighted by Gasteiger charge is 2.21. The molecule has 1 unspecified atom stereocenters. The predicted molar refractivity (Wildman–Crippen MR) is 41.9 cm³/mol. The quantitative estimate of drug-likeness (QED) is 0.617. The Bertz CT molecular complexity index is 339. The molecule has 0 amide bonds. The van der Waals surface area contributed by atoms with Crippen molar-refractivity contribution in [2.45, 2.75) is 13.0 Å². The molecule has 0 saturated heterocycles. The summed E-state index contributed by atoms with van der Waals surface area (Å²) in [6, 6.07) is 1.90. The number of rotatable bonds is 0. The number of halogens is 2. The molecule has 1 aromatic carbocycles. The Morgan fingerprint density at radius 1 is 1.38 bits per heavy atom. The summed E-state index contributed by atoms with van der Waals surface area (Å²) >= 11 is 0. The highest BCUT2D eigenvalue weighted by atomic mass is 19.1. The number of ether oxygens (including phenoxy) is 2. The lowest BCUT2D eigenvalue weighted by molar-refractivity contribution is 0.0986. The topological polar surface area (TPSA) is 18.5 Å². The standard InChI is InChI=1S/C9H8F2O2/c1-5-4-12-9-7(11)2-6(10)3-8(9)13-5/h2-3,5H,4H2,1H3. The minimum atomic E-state index is -0.720. The van der Waals surface area contributed by atoms with Gasteiger partial charge in [-0.05, 0) is 6.92 Å². The maximum absolute atomic E-state index is 13.0. The molecule has 0 saturated carbocycles. The summed E-state index contributed by atoms with van der Waals surface area (Å²) in [6.07, 6.45) is -0.173. The molecule has 1 aliphatic heterocycles. The van der Waals surface area contributed by atoms with Gasteiger partial charge in [0.25, 0.3) is 0 Å². The van der Waals surface area contributed by atoms with Crippen molar-refractivity contribution in [1.29, 1.82) is 0 Å². The molecule has 1 aromatic rings. The zero-order valence-electron chi connectivity index (χ0n) is 7.01. The molecule has 0 N–H and O–H groups in total. The van der Waals surface area contributed by atoms with Crippen molar-refractivity contribution in [2.24, 2.45) is 0 Å². The van der Waals surface area contributed by atoms with Gasteiger partial charge in [0.2, 0.25) is 0 Å². The summed E-state index contributed by atoms with van der Waals surface area (Å²) < 4.78 is 36.0. The van der Waals surface area contributed by atoms with Gasteiger partial charge in [-0.15, -0.1) is 0 Å². The van der Waals surface area contributed by atoms with E-state index in [2.05, 4.69) is 0 Å². The first-order chi connectivity index (χ1) is 6.16. The van der Waals surface area contributed by atoms with Crippen LogP contribution < -0.4 is 9.47 Å². The van der Waals surface area contributed by atoms with Crippen LogP contribution in [0.4, 0.5) is 8.78 Å². The van der Waals surface area contributed by atoms with Gasteiger partial charge in [-0.2, -0.15) is 0 Å². The Labute approximate surface area is 74.1 Å². The molecule has 2 rings (SSSR count). The van der Waals surface area contributed by atoms with E-state index >= 15 is 0 Å². The van der Waals surface area contributed by atoms with Gasteiger partial charge in [0.05, 0.1) is 0 Å². The van der Waals surface area contributed by atoms with E-state index in [1.807, 2.05) is 0 Å². The van der Waals surface area contributed by atoms with Crippen LogP contribution in [0.3, 0.4) is 0 Å². The second-order valence-corrected chi connectivity index (χ2v) is 2.95. The van der Waals surface area contributed by atoms with Gasteiger partial charge in [-0.25, -0.2) is 8.78 Å². The fourth-order valence-corrected chi connectivity index (χ4v) is 1.22. The minimum absolute atomic E-state index is 0.000463. The van der Waals surface area contributed by atoms with Gasteiger partial charge >= 0.3 is 0 Å². The molecule has 4 heteroatoms. The molecule has 70 valence electrons. The molecule has 1 aliphatic rings. The fourth-order valence-electron chi connectivity index (χ4n) is 1.22. The van der Waals surface area contributed by atoms with Crippen molar-refractivity contribution >= 4 is 0 Å². The van der Waals surface area contributed by atoms with Gasteiger partial charge < -0.3 is 9.47 Å². The number of hydrogen-bond acceptors (Lipinski definition) is 2. The summed E-state index contributed by atoms with van der Waals surface area (Å²) in [5.41, 5.74) is 0. The highest BCUT2D eigenvalue weighted by Crippen LogP contribution is 2.34. The lowest BCUT2D eigenvalue weighted by atomic mass is 10.2. The summed E-state index contributed by atoms with van der Waals surface area (Å²) in [5, 5.41) is 0. The van der Waals surface area contributed by atoms with Gasteiger partial charge in [-0.3, -0.25) is 0 Å². The number of benzene rings is 1. The number of fused-ring (bicyclic) bond motifs is 1. The number of hydrogen-bond donors (Lipinski definition) is 0. The van der Waals surface area contributed by atoms with Crippen molar-refractivity contribution in [2.75, 3.05) is 6.61 Å². The second kappa shape index (κ2) is 2.87. The fraction of sp³-hybridized carbons (Fsp3) is 0.333. The molecule has 1 heterocycles. The van der Waals surface area contributed by atoms with Crippen LogP contribution in [-0.2, 0) is 0 Å². The summed E-state index contributed by atoms with van der Waals surface area (Å²) in [5.74, 6) is -1.24. The predicted octanol–water partition coefficient (Wildman–Crippen LogP) is 2.12. The Morgan fingerprint density at radius 2 is 2.15 bits per heavy atom. The van der Waals surface area contributed by atoms with E-state index in [1.165, 1.54) is 0 Å². The van der Waals surface area contributed by atoms with Gasteiger partial charge in [0, 0.05) is 12.1 Å². The third-order valence-corrected chi connectivity index (χ3v) is 1.76. The van der Waals surface area contributed by atoms with Crippen molar-refractivity contribution in [3.63, 3.8) is 0 Å². The van der Waals surface area contributed by atoms with Crippen LogP contribution in [0.2, 0.25) is 0 Å². The Morgan fingerprint density at radius 3 is 2.92 bits per heavy atom. The van der Waals surface area contributed by atoms with Crippen LogP contribution in [0, 0.1) is 11.6 Å². The molecule has 0 aliphatic carbocycles. The molecule has 13 heavy (non-hydrogen) atoms. The van der Waals surface area contributed by atoms with E-state index in [9.17, 15) is 8.78 Å². The third-order valence-electron chi connectivity index (χ3n) is 1.76. The zero-order chi connectivity index (χ0) is 9.42. The van der Waals surface area contributed by atoms with Crippen LogP contribution >= 0.6 is 0 Å². The molecule has 1 atom stereocenters. The Kier molecular flexibility index (Phi) is 1.83. The van der Waals surface area contributed by atoms with Gasteiger partial charge in [-0.1, -0.05) is 0 Å². The molecule has 0 spiro atoms. The van der Waals surface area contributed by atoms with E-state index in [1.54, 1.807) is 6.92 Å². The SMILES string of the molecule is CC1COc2c(F)cc(F)cc2O1. The van der Waals surface area contributed by atoms with Gasteiger partial charge in [0.15, 0.2) is 17.3 Å². The van der Waals surface area contributed by atoms with E-state index in [0.717, 1.165) is 12.1 Å².